The van der Waals surface area contributed by atoms with Crippen LogP contribution in [0.25, 0.3) is 0 Å². The van der Waals surface area contributed by atoms with Gasteiger partial charge < -0.3 is 20.3 Å². The number of nitrogens with zero attached hydrogens (tertiary/aromatic N) is 1. The molecule has 0 heterocycles. The quantitative estimate of drug-likeness (QED) is 0.340. The molecule has 0 bridgehead atoms. The molecule has 1 amide bonds. The lowest BCUT2D eigenvalue weighted by Gasteiger charge is -2.19. The number of non-ortho nitro benzene ring substituents is 1. The van der Waals surface area contributed by atoms with Crippen molar-refractivity contribution in [2.75, 3.05) is 6.54 Å². The smallest absolute Gasteiger partial charge is 0.407 e. The van der Waals surface area contributed by atoms with Crippen LogP contribution < -0.4 is 5.32 Å². The second-order valence-corrected chi connectivity index (χ2v) is 5.98. The maximum absolute atomic E-state index is 11.7. The second kappa shape index (κ2) is 10.1. The number of carbonyl (C=O) groups is 2. The van der Waals surface area contributed by atoms with Gasteiger partial charge in [0.25, 0.3) is 5.69 Å². The first kappa shape index (κ1) is 21.0. The highest BCUT2D eigenvalue weighted by Gasteiger charge is 2.23. The first-order valence-electron chi connectivity index (χ1n) is 8.46. The molecule has 0 aromatic heterocycles. The molecule has 2 unspecified atom stereocenters. The molecule has 2 aromatic carbocycles. The topological polar surface area (TPSA) is 139 Å². The Morgan fingerprint density at radius 2 is 1.93 bits per heavy atom. The molecule has 0 fully saturated rings. The van der Waals surface area contributed by atoms with Crippen LogP contribution in [0.2, 0.25) is 0 Å². The number of nitrogens with one attached hydrogen (secondary N) is 1. The maximum atomic E-state index is 11.7. The normalized spacial score (nSPS) is 12.6. The molecule has 148 valence electrons. The van der Waals surface area contributed by atoms with Crippen LogP contribution in [-0.2, 0) is 11.3 Å². The van der Waals surface area contributed by atoms with Crippen molar-refractivity contribution >= 4 is 18.1 Å². The van der Waals surface area contributed by atoms with Gasteiger partial charge in [-0.1, -0.05) is 30.3 Å². The number of benzene rings is 2. The summed E-state index contributed by atoms with van der Waals surface area (Å²) in [7, 11) is 0. The van der Waals surface area contributed by atoms with Crippen molar-refractivity contribution < 1.29 is 29.5 Å². The van der Waals surface area contributed by atoms with E-state index in [1.165, 1.54) is 6.07 Å². The zero-order chi connectivity index (χ0) is 20.5. The predicted molar refractivity (Wildman–Crippen MR) is 98.7 cm³/mol. The van der Waals surface area contributed by atoms with Gasteiger partial charge in [-0.25, -0.2) is 4.79 Å². The van der Waals surface area contributed by atoms with Crippen LogP contribution in [0.3, 0.4) is 0 Å². The van der Waals surface area contributed by atoms with E-state index in [0.717, 1.165) is 17.7 Å². The Morgan fingerprint density at radius 1 is 1.21 bits per heavy atom. The number of aliphatic hydroxyl groups excluding tert-OH is 2. The minimum atomic E-state index is -1.44. The molecule has 0 spiro atoms. The Bertz CT molecular complexity index is 826. The van der Waals surface area contributed by atoms with Gasteiger partial charge in [-0.2, -0.15) is 0 Å². The highest BCUT2D eigenvalue weighted by Crippen LogP contribution is 2.25. The molecule has 2 aromatic rings. The minimum Gasteiger partial charge on any atom is -0.445 e. The van der Waals surface area contributed by atoms with Gasteiger partial charge in [0.05, 0.1) is 11.0 Å². The van der Waals surface area contributed by atoms with Crippen molar-refractivity contribution in [3.63, 3.8) is 0 Å². The van der Waals surface area contributed by atoms with Crippen LogP contribution in [0.1, 0.15) is 34.0 Å². The Labute approximate surface area is 160 Å². The van der Waals surface area contributed by atoms with E-state index >= 15 is 0 Å². The average Bonchev–Trinajstić information content (AvgIpc) is 2.71. The zero-order valence-corrected chi connectivity index (χ0v) is 14.9. The van der Waals surface area contributed by atoms with Gasteiger partial charge >= 0.3 is 6.09 Å². The Kier molecular flexibility index (Phi) is 7.61. The standard InChI is InChI=1S/C19H20N2O7/c22-11-14-10-15(21(26)27)6-7-16(14)18(24)17(23)8-9-20-19(25)28-12-13-4-2-1-3-5-13/h1-7,10-11,17-18,23-24H,8-9,12H2,(H,20,25). The number of aliphatic hydroxyl groups is 2. The Morgan fingerprint density at radius 3 is 2.57 bits per heavy atom. The molecule has 9 nitrogen and oxygen atoms in total. The molecule has 2 rings (SSSR count). The maximum Gasteiger partial charge on any atom is 0.407 e. The fraction of sp³-hybridized carbons (Fsp3) is 0.263. The van der Waals surface area contributed by atoms with Crippen molar-refractivity contribution in [2.24, 2.45) is 0 Å². The molecular weight excluding hydrogens is 368 g/mol. The number of alkyl carbamates (subject to hydrolysis) is 1. The van der Waals surface area contributed by atoms with Gasteiger partial charge in [-0.3, -0.25) is 14.9 Å². The average molecular weight is 388 g/mol. The van der Waals surface area contributed by atoms with Crippen LogP contribution >= 0.6 is 0 Å². The number of rotatable bonds is 9. The van der Waals surface area contributed by atoms with Crippen LogP contribution in [0, 0.1) is 10.1 Å². The van der Waals surface area contributed by atoms with E-state index in [1.54, 1.807) is 0 Å². The molecule has 0 aliphatic rings. The molecule has 0 radical (unpaired) electrons. The lowest BCUT2D eigenvalue weighted by Crippen LogP contribution is -2.30. The first-order chi connectivity index (χ1) is 13.4. The minimum absolute atomic E-state index is 0.0170. The fourth-order valence-corrected chi connectivity index (χ4v) is 2.51. The molecule has 0 aliphatic heterocycles. The number of nitro groups is 1. The second-order valence-electron chi connectivity index (χ2n) is 5.98. The number of nitro benzene ring substituents is 1. The van der Waals surface area contributed by atoms with Crippen molar-refractivity contribution in [1.29, 1.82) is 0 Å². The van der Waals surface area contributed by atoms with E-state index < -0.39 is 23.2 Å². The summed E-state index contributed by atoms with van der Waals surface area (Å²) >= 11 is 0. The van der Waals surface area contributed by atoms with Gasteiger partial charge in [-0.15, -0.1) is 0 Å². The van der Waals surface area contributed by atoms with E-state index in [9.17, 15) is 29.9 Å². The number of hydrogen-bond donors (Lipinski definition) is 3. The molecule has 2 atom stereocenters. The number of hydrogen-bond acceptors (Lipinski definition) is 7. The predicted octanol–water partition coefficient (Wildman–Crippen LogP) is 2.12. The Balaban J connectivity index is 1.83. The molecule has 0 aliphatic carbocycles. The van der Waals surface area contributed by atoms with E-state index in [1.807, 2.05) is 30.3 Å². The Hall–Kier alpha value is -3.30. The van der Waals surface area contributed by atoms with Gasteiger partial charge in [0.1, 0.15) is 12.7 Å². The van der Waals surface area contributed by atoms with Gasteiger partial charge in [0.2, 0.25) is 0 Å². The fourth-order valence-electron chi connectivity index (χ4n) is 2.51. The van der Waals surface area contributed by atoms with Crippen molar-refractivity contribution in [1.82, 2.24) is 5.32 Å². The van der Waals surface area contributed by atoms with E-state index in [-0.39, 0.29) is 36.4 Å². The lowest BCUT2D eigenvalue weighted by molar-refractivity contribution is -0.384. The van der Waals surface area contributed by atoms with Crippen molar-refractivity contribution in [3.8, 4) is 0 Å². The van der Waals surface area contributed by atoms with Crippen LogP contribution in [0.15, 0.2) is 48.5 Å². The van der Waals surface area contributed by atoms with E-state index in [0.29, 0.717) is 6.29 Å². The van der Waals surface area contributed by atoms with Gasteiger partial charge in [-0.05, 0) is 23.6 Å². The largest absolute Gasteiger partial charge is 0.445 e. The van der Waals surface area contributed by atoms with E-state index in [2.05, 4.69) is 5.32 Å². The SMILES string of the molecule is O=Cc1cc([N+](=O)[O-])ccc1C(O)C(O)CCNC(=O)OCc1ccccc1. The summed E-state index contributed by atoms with van der Waals surface area (Å²) in [6.07, 6.45) is -3.05. The highest BCUT2D eigenvalue weighted by atomic mass is 16.6. The summed E-state index contributed by atoms with van der Waals surface area (Å²) in [6.45, 7) is 0.124. The summed E-state index contributed by atoms with van der Waals surface area (Å²) in [5, 5.41) is 33.5. The summed E-state index contributed by atoms with van der Waals surface area (Å²) in [6, 6.07) is 12.5. The van der Waals surface area contributed by atoms with Crippen LogP contribution in [-0.4, -0.2) is 40.2 Å². The molecule has 3 N–H and O–H groups in total. The van der Waals surface area contributed by atoms with E-state index in [4.69, 9.17) is 4.74 Å². The number of aldehydes is 1. The van der Waals surface area contributed by atoms with Crippen LogP contribution in [0.5, 0.6) is 0 Å². The highest BCUT2D eigenvalue weighted by molar-refractivity contribution is 5.79. The monoisotopic (exact) mass is 388 g/mol. The molecule has 0 saturated carbocycles. The third-order valence-electron chi connectivity index (χ3n) is 4.01. The number of carbonyl (C=O) groups excluding carboxylic acids is 2. The number of amides is 1. The summed E-state index contributed by atoms with van der Waals surface area (Å²) in [5.74, 6) is 0. The summed E-state index contributed by atoms with van der Waals surface area (Å²) < 4.78 is 5.02. The first-order valence-corrected chi connectivity index (χ1v) is 8.46. The summed E-state index contributed by atoms with van der Waals surface area (Å²) in [4.78, 5) is 32.9. The summed E-state index contributed by atoms with van der Waals surface area (Å²) in [5.41, 5.74) is 0.513. The lowest BCUT2D eigenvalue weighted by atomic mass is 9.97. The zero-order valence-electron chi connectivity index (χ0n) is 14.9. The molecular formula is C19H20N2O7. The van der Waals surface area contributed by atoms with Crippen molar-refractivity contribution in [2.45, 2.75) is 25.2 Å². The van der Waals surface area contributed by atoms with Gasteiger partial charge in [0, 0.05) is 24.2 Å². The molecule has 9 heteroatoms. The third kappa shape index (κ3) is 5.86. The van der Waals surface area contributed by atoms with Crippen molar-refractivity contribution in [3.05, 3.63) is 75.3 Å². The van der Waals surface area contributed by atoms with Crippen LogP contribution in [0.4, 0.5) is 10.5 Å². The molecule has 28 heavy (non-hydrogen) atoms. The number of ether oxygens (including phenoxy) is 1. The third-order valence-corrected chi connectivity index (χ3v) is 4.01. The van der Waals surface area contributed by atoms with Gasteiger partial charge in [0.15, 0.2) is 6.29 Å². The molecule has 0 saturated heterocycles.